The lowest BCUT2D eigenvalue weighted by atomic mass is 9.93. The Morgan fingerprint density at radius 2 is 1.70 bits per heavy atom. The van der Waals surface area contributed by atoms with Crippen LogP contribution in [0.25, 0.3) is 0 Å². The lowest BCUT2D eigenvalue weighted by Crippen LogP contribution is -2.45. The molecule has 0 aliphatic carbocycles. The van der Waals surface area contributed by atoms with E-state index < -0.39 is 6.04 Å². The van der Waals surface area contributed by atoms with Crippen molar-refractivity contribution in [3.63, 3.8) is 0 Å². The van der Waals surface area contributed by atoms with E-state index in [2.05, 4.69) is 16.0 Å². The van der Waals surface area contributed by atoms with Gasteiger partial charge in [0.15, 0.2) is 16.6 Å². The summed E-state index contributed by atoms with van der Waals surface area (Å²) in [6.45, 7) is 1.79. The average Bonchev–Trinajstić information content (AvgIpc) is 2.73. The van der Waals surface area contributed by atoms with Crippen molar-refractivity contribution in [2.45, 2.75) is 13.0 Å². The van der Waals surface area contributed by atoms with Crippen molar-refractivity contribution in [2.24, 2.45) is 0 Å². The van der Waals surface area contributed by atoms with Crippen molar-refractivity contribution in [2.75, 3.05) is 26.6 Å². The van der Waals surface area contributed by atoms with Crippen LogP contribution in [0.5, 0.6) is 17.2 Å². The quantitative estimate of drug-likeness (QED) is 0.581. The first kappa shape index (κ1) is 21.7. The predicted molar refractivity (Wildman–Crippen MR) is 120 cm³/mol. The van der Waals surface area contributed by atoms with Crippen LogP contribution in [0.4, 0.5) is 5.69 Å². The fourth-order valence-electron chi connectivity index (χ4n) is 3.26. The largest absolute Gasteiger partial charge is 0.496 e. The summed E-state index contributed by atoms with van der Waals surface area (Å²) >= 11 is 11.5. The molecular weight excluding hydrogens is 426 g/mol. The molecule has 158 valence electrons. The number of thiocarbonyl (C=S) groups is 1. The number of hydrogen-bond acceptors (Lipinski definition) is 5. The van der Waals surface area contributed by atoms with Crippen LogP contribution in [0.15, 0.2) is 47.7 Å². The second-order valence-electron chi connectivity index (χ2n) is 6.45. The molecule has 0 unspecified atom stereocenters. The molecule has 1 aliphatic heterocycles. The van der Waals surface area contributed by atoms with Crippen LogP contribution in [0.2, 0.25) is 5.02 Å². The zero-order valence-corrected chi connectivity index (χ0v) is 18.5. The Hall–Kier alpha value is -2.97. The number of rotatable bonds is 6. The number of allylic oxidation sites excluding steroid dienone is 1. The molecule has 1 heterocycles. The molecule has 0 spiro atoms. The number of para-hydroxylation sites is 1. The molecule has 2 aromatic rings. The summed E-state index contributed by atoms with van der Waals surface area (Å²) in [5.74, 6) is 1.20. The number of methoxy groups -OCH3 is 3. The number of nitrogens with one attached hydrogen (secondary N) is 3. The Kier molecular flexibility index (Phi) is 6.69. The molecule has 3 N–H and O–H groups in total. The minimum absolute atomic E-state index is 0.329. The smallest absolute Gasteiger partial charge is 0.255 e. The summed E-state index contributed by atoms with van der Waals surface area (Å²) in [5, 5.41) is 9.86. The van der Waals surface area contributed by atoms with Crippen molar-refractivity contribution in [3.05, 3.63) is 58.3 Å². The van der Waals surface area contributed by atoms with Gasteiger partial charge in [-0.15, -0.1) is 0 Å². The normalized spacial score (nSPS) is 15.8. The maximum atomic E-state index is 13.3. The molecule has 0 saturated heterocycles. The number of amides is 1. The van der Waals surface area contributed by atoms with Gasteiger partial charge >= 0.3 is 0 Å². The van der Waals surface area contributed by atoms with Gasteiger partial charge in [0, 0.05) is 17.3 Å². The molecule has 0 aromatic heterocycles. The SMILES string of the molecule is COc1cc(OC)c([C@H]2NC(=S)NC(C)=C2C(=O)Nc2ccccc2Cl)cc1OC. The highest BCUT2D eigenvalue weighted by Crippen LogP contribution is 2.41. The number of anilines is 1. The van der Waals surface area contributed by atoms with Gasteiger partial charge < -0.3 is 30.2 Å². The zero-order chi connectivity index (χ0) is 21.8. The maximum Gasteiger partial charge on any atom is 0.255 e. The van der Waals surface area contributed by atoms with Gasteiger partial charge in [-0.3, -0.25) is 4.79 Å². The molecule has 1 atom stereocenters. The third-order valence-corrected chi connectivity index (χ3v) is 5.23. The van der Waals surface area contributed by atoms with Gasteiger partial charge in [-0.05, 0) is 37.3 Å². The molecule has 0 fully saturated rings. The van der Waals surface area contributed by atoms with Crippen LogP contribution in [0, 0.1) is 0 Å². The fraction of sp³-hybridized carbons (Fsp3) is 0.238. The minimum Gasteiger partial charge on any atom is -0.496 e. The van der Waals surface area contributed by atoms with Gasteiger partial charge in [0.25, 0.3) is 5.91 Å². The molecular formula is C21H22ClN3O4S. The van der Waals surface area contributed by atoms with Crippen LogP contribution in [-0.2, 0) is 4.79 Å². The van der Waals surface area contributed by atoms with E-state index in [1.54, 1.807) is 64.7 Å². The monoisotopic (exact) mass is 447 g/mol. The lowest BCUT2D eigenvalue weighted by Gasteiger charge is -2.31. The van der Waals surface area contributed by atoms with Crippen LogP contribution in [0.1, 0.15) is 18.5 Å². The van der Waals surface area contributed by atoms with E-state index in [0.29, 0.717) is 49.9 Å². The van der Waals surface area contributed by atoms with Crippen molar-refractivity contribution < 1.29 is 19.0 Å². The number of halogens is 1. The van der Waals surface area contributed by atoms with Gasteiger partial charge in [0.2, 0.25) is 0 Å². The first-order valence-electron chi connectivity index (χ1n) is 9.03. The molecule has 9 heteroatoms. The first-order chi connectivity index (χ1) is 14.4. The van der Waals surface area contributed by atoms with E-state index in [9.17, 15) is 4.79 Å². The Labute approximate surface area is 185 Å². The summed E-state index contributed by atoms with van der Waals surface area (Å²) in [6, 6.07) is 9.91. The fourth-order valence-corrected chi connectivity index (χ4v) is 3.71. The number of carbonyl (C=O) groups is 1. The molecule has 0 radical (unpaired) electrons. The summed E-state index contributed by atoms with van der Waals surface area (Å²) < 4.78 is 16.4. The number of hydrogen-bond donors (Lipinski definition) is 3. The second-order valence-corrected chi connectivity index (χ2v) is 7.27. The van der Waals surface area contributed by atoms with Gasteiger partial charge in [0.1, 0.15) is 5.75 Å². The van der Waals surface area contributed by atoms with Crippen molar-refractivity contribution in [3.8, 4) is 17.2 Å². The molecule has 30 heavy (non-hydrogen) atoms. The molecule has 0 saturated carbocycles. The van der Waals surface area contributed by atoms with Crippen molar-refractivity contribution in [1.29, 1.82) is 0 Å². The molecule has 1 aliphatic rings. The standard InChI is InChI=1S/C21H22ClN3O4S/c1-11-18(20(26)24-14-8-6-5-7-13(14)22)19(25-21(30)23-11)12-9-16(28-3)17(29-4)10-15(12)27-2/h5-10,19H,1-4H3,(H,24,26)(H2,23,25,30)/t19-/m1/s1. The highest BCUT2D eigenvalue weighted by Gasteiger charge is 2.33. The average molecular weight is 448 g/mol. The van der Waals surface area contributed by atoms with E-state index in [4.69, 9.17) is 38.0 Å². The molecule has 0 bridgehead atoms. The van der Waals surface area contributed by atoms with Crippen LogP contribution in [-0.4, -0.2) is 32.3 Å². The summed E-state index contributed by atoms with van der Waals surface area (Å²) in [4.78, 5) is 13.3. The number of benzene rings is 2. The van der Waals surface area contributed by atoms with E-state index in [0.717, 1.165) is 0 Å². The number of ether oxygens (including phenoxy) is 3. The van der Waals surface area contributed by atoms with Crippen molar-refractivity contribution in [1.82, 2.24) is 10.6 Å². The van der Waals surface area contributed by atoms with E-state index in [1.807, 2.05) is 0 Å². The summed E-state index contributed by atoms with van der Waals surface area (Å²) in [5.41, 5.74) is 2.23. The van der Waals surface area contributed by atoms with E-state index >= 15 is 0 Å². The molecule has 2 aromatic carbocycles. The Morgan fingerprint density at radius 1 is 1.07 bits per heavy atom. The van der Waals surface area contributed by atoms with Gasteiger partial charge in [-0.1, -0.05) is 23.7 Å². The van der Waals surface area contributed by atoms with Gasteiger partial charge in [0.05, 0.1) is 43.7 Å². The molecule has 7 nitrogen and oxygen atoms in total. The summed E-state index contributed by atoms with van der Waals surface area (Å²) in [6.07, 6.45) is 0. The highest BCUT2D eigenvalue weighted by atomic mass is 35.5. The highest BCUT2D eigenvalue weighted by molar-refractivity contribution is 7.80. The second kappa shape index (κ2) is 9.23. The van der Waals surface area contributed by atoms with Crippen molar-refractivity contribution >= 4 is 40.5 Å². The minimum atomic E-state index is -0.587. The summed E-state index contributed by atoms with van der Waals surface area (Å²) in [7, 11) is 4.63. The van der Waals surface area contributed by atoms with Crippen LogP contribution < -0.4 is 30.2 Å². The van der Waals surface area contributed by atoms with E-state index in [-0.39, 0.29) is 5.91 Å². The third-order valence-electron chi connectivity index (χ3n) is 4.68. The Bertz CT molecular complexity index is 1030. The number of carbonyl (C=O) groups excluding carboxylic acids is 1. The zero-order valence-electron chi connectivity index (χ0n) is 17.0. The van der Waals surface area contributed by atoms with Gasteiger partial charge in [-0.2, -0.15) is 0 Å². The third kappa shape index (κ3) is 4.29. The van der Waals surface area contributed by atoms with Gasteiger partial charge in [-0.25, -0.2) is 0 Å². The lowest BCUT2D eigenvalue weighted by molar-refractivity contribution is -0.113. The Balaban J connectivity index is 2.08. The first-order valence-corrected chi connectivity index (χ1v) is 9.82. The van der Waals surface area contributed by atoms with Crippen LogP contribution >= 0.6 is 23.8 Å². The predicted octanol–water partition coefficient (Wildman–Crippen LogP) is 3.80. The van der Waals surface area contributed by atoms with E-state index in [1.165, 1.54) is 0 Å². The topological polar surface area (TPSA) is 80.9 Å². The maximum absolute atomic E-state index is 13.3. The van der Waals surface area contributed by atoms with Crippen LogP contribution in [0.3, 0.4) is 0 Å². The molecule has 3 rings (SSSR count). The molecule has 1 amide bonds. The Morgan fingerprint density at radius 3 is 2.33 bits per heavy atom.